The van der Waals surface area contributed by atoms with Gasteiger partial charge in [-0.15, -0.1) is 0 Å². The highest BCUT2D eigenvalue weighted by Crippen LogP contribution is 2.20. The van der Waals surface area contributed by atoms with Gasteiger partial charge in [0.2, 0.25) is 11.8 Å². The molecule has 0 atom stereocenters. The van der Waals surface area contributed by atoms with Gasteiger partial charge >= 0.3 is 0 Å². The van der Waals surface area contributed by atoms with E-state index in [0.29, 0.717) is 24.3 Å². The van der Waals surface area contributed by atoms with Gasteiger partial charge in [-0.3, -0.25) is 9.59 Å². The number of nitrogens with zero attached hydrogens (tertiary/aromatic N) is 3. The largest absolute Gasteiger partial charge is 0.497 e. The summed E-state index contributed by atoms with van der Waals surface area (Å²) in [5.74, 6) is 0.277. The van der Waals surface area contributed by atoms with Crippen molar-refractivity contribution >= 4 is 23.2 Å². The Morgan fingerprint density at radius 1 is 1.04 bits per heavy atom. The smallest absolute Gasteiger partial charge is 0.233 e. The zero-order chi connectivity index (χ0) is 19.9. The Morgan fingerprint density at radius 3 is 2.25 bits per heavy atom. The Hall–Kier alpha value is -3.53. The number of amides is 2. The van der Waals surface area contributed by atoms with Gasteiger partial charge in [-0.1, -0.05) is 0 Å². The number of carbonyl (C=O) groups excluding carboxylic acids is 2. The van der Waals surface area contributed by atoms with Gasteiger partial charge in [-0.05, 0) is 48.5 Å². The molecule has 0 saturated carbocycles. The molecule has 1 fully saturated rings. The zero-order valence-electron chi connectivity index (χ0n) is 15.7. The van der Waals surface area contributed by atoms with Crippen LogP contribution < -0.4 is 15.0 Å². The molecule has 144 valence electrons. The fraction of sp³-hybridized carbons (Fsp3) is 0.286. The molecular weight excluding hydrogens is 356 g/mol. The van der Waals surface area contributed by atoms with Crippen molar-refractivity contribution in [2.45, 2.75) is 6.42 Å². The van der Waals surface area contributed by atoms with E-state index in [1.165, 1.54) is 0 Å². The van der Waals surface area contributed by atoms with E-state index in [-0.39, 0.29) is 18.2 Å². The SMILES string of the molecule is COc1ccc(N2CCN(C(=O)CC(=O)Nc3ccc(C#N)cc3)CC2)cc1. The van der Waals surface area contributed by atoms with E-state index in [1.54, 1.807) is 36.3 Å². The lowest BCUT2D eigenvalue weighted by atomic mass is 10.2. The molecule has 0 radical (unpaired) electrons. The van der Waals surface area contributed by atoms with Crippen molar-refractivity contribution in [3.8, 4) is 11.8 Å². The maximum Gasteiger partial charge on any atom is 0.233 e. The standard InChI is InChI=1S/C21H22N4O3/c1-28-19-8-6-18(7-9-19)24-10-12-25(13-11-24)21(27)14-20(26)23-17-4-2-16(15-22)3-5-17/h2-9H,10-14H2,1H3,(H,23,26). The first-order chi connectivity index (χ1) is 13.6. The van der Waals surface area contributed by atoms with Crippen molar-refractivity contribution < 1.29 is 14.3 Å². The number of benzene rings is 2. The fourth-order valence-corrected chi connectivity index (χ4v) is 3.09. The number of ether oxygens (including phenoxy) is 1. The molecular formula is C21H22N4O3. The first-order valence-electron chi connectivity index (χ1n) is 9.06. The van der Waals surface area contributed by atoms with Crippen LogP contribution in [0.15, 0.2) is 48.5 Å². The summed E-state index contributed by atoms with van der Waals surface area (Å²) in [5.41, 5.74) is 2.18. The number of nitriles is 1. The van der Waals surface area contributed by atoms with Crippen molar-refractivity contribution in [2.24, 2.45) is 0 Å². The van der Waals surface area contributed by atoms with Crippen LogP contribution in [0.25, 0.3) is 0 Å². The summed E-state index contributed by atoms with van der Waals surface area (Å²) in [6, 6.07) is 16.4. The highest BCUT2D eigenvalue weighted by molar-refractivity contribution is 6.03. The van der Waals surface area contributed by atoms with E-state index >= 15 is 0 Å². The molecule has 1 aliphatic rings. The quantitative estimate of drug-likeness (QED) is 0.807. The molecule has 7 nitrogen and oxygen atoms in total. The first-order valence-corrected chi connectivity index (χ1v) is 9.06. The lowest BCUT2D eigenvalue weighted by molar-refractivity contribution is -0.134. The van der Waals surface area contributed by atoms with Gasteiger partial charge in [0.05, 0.1) is 18.7 Å². The molecule has 0 aliphatic carbocycles. The highest BCUT2D eigenvalue weighted by atomic mass is 16.5. The maximum atomic E-state index is 12.4. The highest BCUT2D eigenvalue weighted by Gasteiger charge is 2.23. The molecule has 7 heteroatoms. The molecule has 2 aromatic carbocycles. The lowest BCUT2D eigenvalue weighted by Crippen LogP contribution is -2.49. The Labute approximate surface area is 164 Å². The molecule has 0 unspecified atom stereocenters. The average Bonchev–Trinajstić information content (AvgIpc) is 2.74. The molecule has 1 saturated heterocycles. The maximum absolute atomic E-state index is 12.4. The molecule has 1 N–H and O–H groups in total. The summed E-state index contributed by atoms with van der Waals surface area (Å²) in [5, 5.41) is 11.5. The number of nitrogens with one attached hydrogen (secondary N) is 1. The number of anilines is 2. The number of piperazine rings is 1. The summed E-state index contributed by atoms with van der Waals surface area (Å²) < 4.78 is 5.17. The normalized spacial score (nSPS) is 13.6. The predicted molar refractivity (Wildman–Crippen MR) is 106 cm³/mol. The molecule has 1 heterocycles. The van der Waals surface area contributed by atoms with Crippen molar-refractivity contribution in [3.63, 3.8) is 0 Å². The van der Waals surface area contributed by atoms with Gasteiger partial charge in [-0.2, -0.15) is 5.26 Å². The monoisotopic (exact) mass is 378 g/mol. The second-order valence-corrected chi connectivity index (χ2v) is 6.48. The minimum Gasteiger partial charge on any atom is -0.497 e. The molecule has 2 amide bonds. The van der Waals surface area contributed by atoms with E-state index < -0.39 is 0 Å². The number of hydrogen-bond donors (Lipinski definition) is 1. The van der Waals surface area contributed by atoms with Crippen LogP contribution in [0.4, 0.5) is 11.4 Å². The average molecular weight is 378 g/mol. The number of rotatable bonds is 5. The molecule has 0 spiro atoms. The van der Waals surface area contributed by atoms with Crippen LogP contribution in [0.3, 0.4) is 0 Å². The zero-order valence-corrected chi connectivity index (χ0v) is 15.7. The van der Waals surface area contributed by atoms with Crippen LogP contribution in [-0.2, 0) is 9.59 Å². The van der Waals surface area contributed by atoms with E-state index in [9.17, 15) is 9.59 Å². The van der Waals surface area contributed by atoms with Crippen LogP contribution in [0, 0.1) is 11.3 Å². The van der Waals surface area contributed by atoms with Gasteiger partial charge in [0.1, 0.15) is 12.2 Å². The Kier molecular flexibility index (Phi) is 6.12. The minimum absolute atomic E-state index is 0.180. The Morgan fingerprint density at radius 2 is 1.68 bits per heavy atom. The van der Waals surface area contributed by atoms with E-state index in [1.807, 2.05) is 30.3 Å². The summed E-state index contributed by atoms with van der Waals surface area (Å²) >= 11 is 0. The topological polar surface area (TPSA) is 85.7 Å². The van der Waals surface area contributed by atoms with Gasteiger partial charge in [0.25, 0.3) is 0 Å². The van der Waals surface area contributed by atoms with Gasteiger partial charge < -0.3 is 19.9 Å². The third-order valence-electron chi connectivity index (χ3n) is 4.68. The summed E-state index contributed by atoms with van der Waals surface area (Å²) in [6.07, 6.45) is -0.192. The summed E-state index contributed by atoms with van der Waals surface area (Å²) in [6.45, 7) is 2.59. The molecule has 0 bridgehead atoms. The van der Waals surface area contributed by atoms with Crippen LogP contribution in [0.5, 0.6) is 5.75 Å². The van der Waals surface area contributed by atoms with Gasteiger partial charge in [0, 0.05) is 37.6 Å². The Balaban J connectivity index is 1.47. The Bertz CT molecular complexity index is 864. The summed E-state index contributed by atoms with van der Waals surface area (Å²) in [7, 11) is 1.64. The first kappa shape index (κ1) is 19.2. The molecule has 2 aromatic rings. The summed E-state index contributed by atoms with van der Waals surface area (Å²) in [4.78, 5) is 28.5. The van der Waals surface area contributed by atoms with Crippen molar-refractivity contribution in [2.75, 3.05) is 43.5 Å². The minimum atomic E-state index is -0.354. The van der Waals surface area contributed by atoms with Crippen molar-refractivity contribution in [1.82, 2.24) is 4.90 Å². The fourth-order valence-electron chi connectivity index (χ4n) is 3.09. The van der Waals surface area contributed by atoms with Gasteiger partial charge in [0.15, 0.2) is 0 Å². The van der Waals surface area contributed by atoms with E-state index in [4.69, 9.17) is 10.00 Å². The molecule has 0 aromatic heterocycles. The number of carbonyl (C=O) groups is 2. The second-order valence-electron chi connectivity index (χ2n) is 6.48. The second kappa shape index (κ2) is 8.91. The molecule has 28 heavy (non-hydrogen) atoms. The van der Waals surface area contributed by atoms with Crippen LogP contribution in [-0.4, -0.2) is 50.0 Å². The van der Waals surface area contributed by atoms with Crippen molar-refractivity contribution in [3.05, 3.63) is 54.1 Å². The van der Waals surface area contributed by atoms with Crippen LogP contribution in [0.2, 0.25) is 0 Å². The molecule has 1 aliphatic heterocycles. The van der Waals surface area contributed by atoms with Crippen molar-refractivity contribution in [1.29, 1.82) is 5.26 Å². The predicted octanol–water partition coefficient (Wildman–Crippen LogP) is 2.24. The molecule has 3 rings (SSSR count). The lowest BCUT2D eigenvalue weighted by Gasteiger charge is -2.36. The van der Waals surface area contributed by atoms with E-state index in [2.05, 4.69) is 10.2 Å². The third-order valence-corrected chi connectivity index (χ3v) is 4.68. The van der Waals surface area contributed by atoms with Gasteiger partial charge in [-0.25, -0.2) is 0 Å². The van der Waals surface area contributed by atoms with Crippen LogP contribution >= 0.6 is 0 Å². The number of hydrogen-bond acceptors (Lipinski definition) is 5. The number of methoxy groups -OCH3 is 1. The third kappa shape index (κ3) is 4.80. The van der Waals surface area contributed by atoms with E-state index in [0.717, 1.165) is 24.5 Å². The van der Waals surface area contributed by atoms with Crippen LogP contribution in [0.1, 0.15) is 12.0 Å².